The molecule has 0 N–H and O–H groups in total. The van der Waals surface area contributed by atoms with E-state index in [0.717, 1.165) is 49.4 Å². The van der Waals surface area contributed by atoms with Crippen molar-refractivity contribution in [2.45, 2.75) is 44.9 Å². The van der Waals surface area contributed by atoms with Crippen LogP contribution in [0.25, 0.3) is 0 Å². The first-order valence-electron chi connectivity index (χ1n) is 9.03. The number of aromatic nitrogens is 2. The van der Waals surface area contributed by atoms with Crippen molar-refractivity contribution in [1.82, 2.24) is 14.5 Å². The van der Waals surface area contributed by atoms with E-state index in [0.29, 0.717) is 5.92 Å². The van der Waals surface area contributed by atoms with Gasteiger partial charge >= 0.3 is 0 Å². The lowest BCUT2D eigenvalue weighted by Crippen LogP contribution is -2.29. The lowest BCUT2D eigenvalue weighted by atomic mass is 9.90. The van der Waals surface area contributed by atoms with Crippen LogP contribution in [0.3, 0.4) is 0 Å². The highest BCUT2D eigenvalue weighted by atomic mass is 16.2. The Morgan fingerprint density at radius 2 is 2.00 bits per heavy atom. The molecule has 1 aromatic heterocycles. The molecule has 1 atom stereocenters. The number of likely N-dealkylation sites (tertiary alicyclic amines) is 1. The Kier molecular flexibility index (Phi) is 3.91. The largest absolute Gasteiger partial charge is 0.338 e. The van der Waals surface area contributed by atoms with Gasteiger partial charge in [0.05, 0.1) is 5.69 Å². The number of hydrogen-bond acceptors (Lipinski definition) is 2. The number of rotatable bonds is 2. The van der Waals surface area contributed by atoms with E-state index in [-0.39, 0.29) is 5.91 Å². The second-order valence-electron chi connectivity index (χ2n) is 7.28. The predicted octanol–water partition coefficient (Wildman–Crippen LogP) is 3.24. The van der Waals surface area contributed by atoms with Crippen LogP contribution in [0.5, 0.6) is 0 Å². The van der Waals surface area contributed by atoms with Gasteiger partial charge in [-0.05, 0) is 62.3 Å². The summed E-state index contributed by atoms with van der Waals surface area (Å²) in [6.45, 7) is 3.63. The van der Waals surface area contributed by atoms with E-state index in [4.69, 9.17) is 0 Å². The molecule has 1 aliphatic carbocycles. The molecule has 1 amide bonds. The second-order valence-corrected chi connectivity index (χ2v) is 7.28. The van der Waals surface area contributed by atoms with E-state index in [1.54, 1.807) is 0 Å². The molecule has 0 spiro atoms. The molecule has 0 saturated carbocycles. The second kappa shape index (κ2) is 6.08. The zero-order valence-corrected chi connectivity index (χ0v) is 14.6. The van der Waals surface area contributed by atoms with Gasteiger partial charge in [0.15, 0.2) is 0 Å². The third-order valence-electron chi connectivity index (χ3n) is 5.47. The molecule has 0 unspecified atom stereocenters. The zero-order chi connectivity index (χ0) is 16.7. The Balaban J connectivity index is 1.50. The summed E-state index contributed by atoms with van der Waals surface area (Å²) < 4.78 is 2.10. The van der Waals surface area contributed by atoms with E-state index in [2.05, 4.69) is 27.9 Å². The number of hydrogen-bond donors (Lipinski definition) is 0. The number of benzene rings is 1. The molecule has 2 aliphatic rings. The van der Waals surface area contributed by atoms with Crippen molar-refractivity contribution in [2.75, 3.05) is 13.1 Å². The SMILES string of the molecule is Cc1cn(C)c([C@H]2CCN(C(=O)c3ccc4c(c3)CCCC4)C2)n1. The average Bonchev–Trinajstić information content (AvgIpc) is 3.20. The van der Waals surface area contributed by atoms with Crippen LogP contribution in [0.1, 0.15) is 58.2 Å². The highest BCUT2D eigenvalue weighted by molar-refractivity contribution is 5.94. The van der Waals surface area contributed by atoms with Crippen molar-refractivity contribution >= 4 is 5.91 Å². The van der Waals surface area contributed by atoms with Crippen LogP contribution in [0.4, 0.5) is 0 Å². The van der Waals surface area contributed by atoms with E-state index in [1.807, 2.05) is 24.9 Å². The maximum absolute atomic E-state index is 12.9. The first-order chi connectivity index (χ1) is 11.6. The standard InChI is InChI=1S/C20H25N3O/c1-14-12-22(2)19(21-14)18-9-10-23(13-18)20(24)17-8-7-15-5-3-4-6-16(15)11-17/h7-8,11-12,18H,3-6,9-10,13H2,1-2H3/t18-/m0/s1. The molecular formula is C20H25N3O. The van der Waals surface area contributed by atoms with Gasteiger partial charge in [-0.1, -0.05) is 6.07 Å². The van der Waals surface area contributed by atoms with E-state index < -0.39 is 0 Å². The molecule has 2 heterocycles. The van der Waals surface area contributed by atoms with Gasteiger partial charge in [0.2, 0.25) is 0 Å². The fourth-order valence-electron chi connectivity index (χ4n) is 4.22. The quantitative estimate of drug-likeness (QED) is 0.851. The number of carbonyl (C=O) groups excluding carboxylic acids is 1. The van der Waals surface area contributed by atoms with Crippen molar-refractivity contribution < 1.29 is 4.79 Å². The molecule has 24 heavy (non-hydrogen) atoms. The van der Waals surface area contributed by atoms with Crippen LogP contribution in [-0.4, -0.2) is 33.4 Å². The maximum atomic E-state index is 12.9. The third-order valence-corrected chi connectivity index (χ3v) is 5.47. The number of carbonyl (C=O) groups is 1. The fourth-order valence-corrected chi connectivity index (χ4v) is 4.22. The molecule has 4 heteroatoms. The Labute approximate surface area is 143 Å². The highest BCUT2D eigenvalue weighted by Crippen LogP contribution is 2.28. The van der Waals surface area contributed by atoms with Gasteiger partial charge in [-0.2, -0.15) is 0 Å². The highest BCUT2D eigenvalue weighted by Gasteiger charge is 2.30. The lowest BCUT2D eigenvalue weighted by molar-refractivity contribution is 0.0790. The van der Waals surface area contributed by atoms with Crippen molar-refractivity contribution in [3.8, 4) is 0 Å². The molecule has 4 rings (SSSR count). The summed E-state index contributed by atoms with van der Waals surface area (Å²) in [5, 5.41) is 0. The van der Waals surface area contributed by atoms with Crippen LogP contribution in [0.15, 0.2) is 24.4 Å². The van der Waals surface area contributed by atoms with Crippen molar-refractivity contribution in [1.29, 1.82) is 0 Å². The number of amides is 1. The summed E-state index contributed by atoms with van der Waals surface area (Å²) >= 11 is 0. The summed E-state index contributed by atoms with van der Waals surface area (Å²) in [6, 6.07) is 6.32. The van der Waals surface area contributed by atoms with Gasteiger partial charge in [0, 0.05) is 37.8 Å². The number of aryl methyl sites for hydroxylation is 4. The molecule has 2 aromatic rings. The van der Waals surface area contributed by atoms with Crippen LogP contribution in [0.2, 0.25) is 0 Å². The van der Waals surface area contributed by atoms with Crippen LogP contribution in [-0.2, 0) is 19.9 Å². The molecular weight excluding hydrogens is 298 g/mol. The minimum Gasteiger partial charge on any atom is -0.338 e. The van der Waals surface area contributed by atoms with Crippen LogP contribution < -0.4 is 0 Å². The molecule has 1 fully saturated rings. The number of nitrogens with zero attached hydrogens (tertiary/aromatic N) is 3. The Hall–Kier alpha value is -2.10. The molecule has 1 aromatic carbocycles. The van der Waals surface area contributed by atoms with E-state index in [1.165, 1.54) is 24.0 Å². The normalized spacial score (nSPS) is 20.2. The topological polar surface area (TPSA) is 38.1 Å². The summed E-state index contributed by atoms with van der Waals surface area (Å²) in [7, 11) is 2.04. The van der Waals surface area contributed by atoms with Crippen molar-refractivity contribution in [3.05, 3.63) is 52.6 Å². The first kappa shape index (κ1) is 15.4. The zero-order valence-electron chi connectivity index (χ0n) is 14.6. The van der Waals surface area contributed by atoms with Crippen LogP contribution >= 0.6 is 0 Å². The number of imidazole rings is 1. The maximum Gasteiger partial charge on any atom is 0.253 e. The average molecular weight is 323 g/mol. The Bertz CT molecular complexity index is 777. The number of fused-ring (bicyclic) bond motifs is 1. The van der Waals surface area contributed by atoms with Gasteiger partial charge in [0.1, 0.15) is 5.82 Å². The lowest BCUT2D eigenvalue weighted by Gasteiger charge is -2.20. The Morgan fingerprint density at radius 1 is 1.21 bits per heavy atom. The smallest absolute Gasteiger partial charge is 0.253 e. The van der Waals surface area contributed by atoms with E-state index >= 15 is 0 Å². The van der Waals surface area contributed by atoms with Crippen LogP contribution in [0, 0.1) is 6.92 Å². The van der Waals surface area contributed by atoms with Gasteiger partial charge in [-0.3, -0.25) is 4.79 Å². The van der Waals surface area contributed by atoms with E-state index in [9.17, 15) is 4.79 Å². The fraction of sp³-hybridized carbons (Fsp3) is 0.500. The van der Waals surface area contributed by atoms with Crippen molar-refractivity contribution in [3.63, 3.8) is 0 Å². The van der Waals surface area contributed by atoms with Gasteiger partial charge < -0.3 is 9.47 Å². The van der Waals surface area contributed by atoms with Crippen molar-refractivity contribution in [2.24, 2.45) is 7.05 Å². The molecule has 126 valence electrons. The summed E-state index contributed by atoms with van der Waals surface area (Å²) in [5.74, 6) is 1.63. The molecule has 1 aliphatic heterocycles. The third kappa shape index (κ3) is 2.74. The Morgan fingerprint density at radius 3 is 2.75 bits per heavy atom. The van der Waals surface area contributed by atoms with Gasteiger partial charge in [-0.15, -0.1) is 0 Å². The first-order valence-corrected chi connectivity index (χ1v) is 9.03. The van der Waals surface area contributed by atoms with Gasteiger partial charge in [0.25, 0.3) is 5.91 Å². The molecule has 4 nitrogen and oxygen atoms in total. The summed E-state index contributed by atoms with van der Waals surface area (Å²) in [5.41, 5.74) is 4.71. The molecule has 1 saturated heterocycles. The monoisotopic (exact) mass is 323 g/mol. The predicted molar refractivity (Wildman–Crippen MR) is 94.3 cm³/mol. The summed E-state index contributed by atoms with van der Waals surface area (Å²) in [4.78, 5) is 19.5. The minimum absolute atomic E-state index is 0.178. The van der Waals surface area contributed by atoms with Gasteiger partial charge in [-0.25, -0.2) is 4.98 Å². The minimum atomic E-state index is 0.178. The molecule has 0 radical (unpaired) electrons. The summed E-state index contributed by atoms with van der Waals surface area (Å²) in [6.07, 6.45) is 7.86. The molecule has 0 bridgehead atoms.